The molecule has 0 heterocycles. The van der Waals surface area contributed by atoms with Crippen LogP contribution < -0.4 is 15.2 Å². The maximum Gasteiger partial charge on any atom is 0.339 e. The van der Waals surface area contributed by atoms with E-state index < -0.39 is 25.1 Å². The van der Waals surface area contributed by atoms with Gasteiger partial charge in [-0.25, -0.2) is 0 Å². The number of hydrogen-bond donors (Lipinski definition) is 3. The highest BCUT2D eigenvalue weighted by Gasteiger charge is 2.20. The monoisotopic (exact) mass is 388 g/mol. The third-order valence-corrected chi connectivity index (χ3v) is 4.94. The summed E-state index contributed by atoms with van der Waals surface area (Å²) in [5, 5.41) is 2.16. The van der Waals surface area contributed by atoms with E-state index in [9.17, 15) is 16.8 Å². The first-order valence-electron chi connectivity index (χ1n) is 6.27. The Kier molecular flexibility index (Phi) is 5.08. The molecule has 0 amide bonds. The van der Waals surface area contributed by atoms with Crippen LogP contribution >= 0.6 is 12.2 Å². The summed E-state index contributed by atoms with van der Waals surface area (Å²) in [6.45, 7) is 0. The normalized spacial score (nSPS) is 11.7. The number of hydrogen-bond acceptors (Lipinski definition) is 6. The Morgan fingerprint density at radius 3 is 2.21 bits per heavy atom. The molecule has 0 saturated carbocycles. The van der Waals surface area contributed by atoms with E-state index in [0.29, 0.717) is 0 Å². The fraction of sp³-hybridized carbons (Fsp3) is 0. The number of nitrogens with one attached hydrogen (secondary N) is 1. The Labute approximate surface area is 144 Å². The first-order chi connectivity index (χ1) is 11.1. The Morgan fingerprint density at radius 1 is 1.04 bits per heavy atom. The minimum Gasteiger partial charge on any atom is -0.377 e. The van der Waals surface area contributed by atoms with Gasteiger partial charge in [0.15, 0.2) is 10.9 Å². The van der Waals surface area contributed by atoms with Gasteiger partial charge in [0.1, 0.15) is 4.90 Å². The zero-order valence-corrected chi connectivity index (χ0v) is 14.4. The first kappa shape index (κ1) is 18.1. The molecule has 0 aliphatic carbocycles. The molecule has 2 rings (SSSR count). The smallest absolute Gasteiger partial charge is 0.339 e. The summed E-state index contributed by atoms with van der Waals surface area (Å²) < 4.78 is 60.9. The van der Waals surface area contributed by atoms with Gasteiger partial charge in [-0.15, -0.1) is 0 Å². The van der Waals surface area contributed by atoms with Crippen LogP contribution in [-0.2, 0) is 20.2 Å². The molecule has 8 nitrogen and oxygen atoms in total. The molecular weight excluding hydrogens is 376 g/mol. The molecule has 0 spiro atoms. The zero-order valence-electron chi connectivity index (χ0n) is 11.9. The molecule has 0 aromatic heterocycles. The lowest BCUT2D eigenvalue weighted by molar-refractivity contribution is 0.482. The third-order valence-electron chi connectivity index (χ3n) is 2.74. The average Bonchev–Trinajstić information content (AvgIpc) is 2.48. The van der Waals surface area contributed by atoms with Crippen molar-refractivity contribution in [2.75, 3.05) is 5.32 Å². The SMILES string of the molecule is NC(=S)Nc1cc(S(=O)(=O)O)ccc1OS(=O)(=O)c1ccccc1. The summed E-state index contributed by atoms with van der Waals surface area (Å²) in [6.07, 6.45) is 0. The average molecular weight is 388 g/mol. The quantitative estimate of drug-likeness (QED) is 0.394. The molecule has 2 aromatic rings. The van der Waals surface area contributed by atoms with Crippen molar-refractivity contribution in [2.24, 2.45) is 5.73 Å². The third kappa shape index (κ3) is 4.41. The summed E-state index contributed by atoms with van der Waals surface area (Å²) >= 11 is 4.66. The van der Waals surface area contributed by atoms with Crippen LogP contribution in [0.1, 0.15) is 0 Å². The molecule has 0 aliphatic rings. The number of rotatable bonds is 5. The van der Waals surface area contributed by atoms with Gasteiger partial charge in [-0.1, -0.05) is 18.2 Å². The predicted molar refractivity (Wildman–Crippen MR) is 90.9 cm³/mol. The second-order valence-corrected chi connectivity index (χ2v) is 7.88. The van der Waals surface area contributed by atoms with Crippen LogP contribution in [0.25, 0.3) is 0 Å². The van der Waals surface area contributed by atoms with Crippen LogP contribution in [0, 0.1) is 0 Å². The van der Waals surface area contributed by atoms with E-state index in [4.69, 9.17) is 14.5 Å². The fourth-order valence-electron chi connectivity index (χ4n) is 1.73. The summed E-state index contributed by atoms with van der Waals surface area (Å²) in [6, 6.07) is 10.3. The van der Waals surface area contributed by atoms with Crippen molar-refractivity contribution in [3.63, 3.8) is 0 Å². The Morgan fingerprint density at radius 2 is 1.67 bits per heavy atom. The summed E-state index contributed by atoms with van der Waals surface area (Å²) in [7, 11) is -8.66. The lowest BCUT2D eigenvalue weighted by Gasteiger charge is -2.13. The van der Waals surface area contributed by atoms with Crippen molar-refractivity contribution in [3.8, 4) is 5.75 Å². The highest BCUT2D eigenvalue weighted by molar-refractivity contribution is 7.87. The molecule has 4 N–H and O–H groups in total. The van der Waals surface area contributed by atoms with Gasteiger partial charge >= 0.3 is 10.1 Å². The van der Waals surface area contributed by atoms with E-state index in [1.54, 1.807) is 6.07 Å². The van der Waals surface area contributed by atoms with Crippen molar-refractivity contribution in [1.29, 1.82) is 0 Å². The van der Waals surface area contributed by atoms with Crippen LogP contribution in [0.5, 0.6) is 5.75 Å². The van der Waals surface area contributed by atoms with Crippen LogP contribution in [0.3, 0.4) is 0 Å². The lowest BCUT2D eigenvalue weighted by atomic mass is 10.3. The van der Waals surface area contributed by atoms with Crippen LogP contribution in [0.4, 0.5) is 5.69 Å². The summed E-state index contributed by atoms with van der Waals surface area (Å²) in [5.74, 6) is -0.237. The van der Waals surface area contributed by atoms with Gasteiger partial charge in [0.05, 0.1) is 10.6 Å². The van der Waals surface area contributed by atoms with Crippen LogP contribution in [0.2, 0.25) is 0 Å². The van der Waals surface area contributed by atoms with E-state index in [2.05, 4.69) is 17.5 Å². The summed E-state index contributed by atoms with van der Waals surface area (Å²) in [4.78, 5) is -0.573. The van der Waals surface area contributed by atoms with Gasteiger partial charge in [-0.05, 0) is 42.5 Å². The second kappa shape index (κ2) is 6.73. The van der Waals surface area contributed by atoms with E-state index in [1.807, 2.05) is 0 Å². The minimum absolute atomic E-state index is 0.0925. The molecule has 0 saturated heterocycles. The molecule has 128 valence electrons. The van der Waals surface area contributed by atoms with Crippen molar-refractivity contribution >= 4 is 43.3 Å². The molecule has 24 heavy (non-hydrogen) atoms. The summed E-state index contributed by atoms with van der Waals surface area (Å²) in [5.41, 5.74) is 5.20. The van der Waals surface area contributed by atoms with E-state index in [-0.39, 0.29) is 21.4 Å². The Hall–Kier alpha value is -2.21. The highest BCUT2D eigenvalue weighted by atomic mass is 32.2. The first-order valence-corrected chi connectivity index (χ1v) is 9.53. The number of benzene rings is 2. The van der Waals surface area contributed by atoms with Crippen molar-refractivity contribution in [3.05, 3.63) is 48.5 Å². The van der Waals surface area contributed by atoms with E-state index in [1.165, 1.54) is 24.3 Å². The highest BCUT2D eigenvalue weighted by Crippen LogP contribution is 2.30. The van der Waals surface area contributed by atoms with E-state index >= 15 is 0 Å². The van der Waals surface area contributed by atoms with Gasteiger partial charge in [0, 0.05) is 0 Å². The van der Waals surface area contributed by atoms with Crippen LogP contribution in [0.15, 0.2) is 58.3 Å². The lowest BCUT2D eigenvalue weighted by Crippen LogP contribution is -2.20. The van der Waals surface area contributed by atoms with Gasteiger partial charge < -0.3 is 15.2 Å². The second-order valence-electron chi connectivity index (χ2n) is 4.47. The number of thiocarbonyl (C=S) groups is 1. The van der Waals surface area contributed by atoms with Gasteiger partial charge in [0.2, 0.25) is 0 Å². The van der Waals surface area contributed by atoms with Gasteiger partial charge in [-0.3, -0.25) is 4.55 Å². The van der Waals surface area contributed by atoms with Gasteiger partial charge in [-0.2, -0.15) is 16.8 Å². The molecular formula is C13H12N2O6S3. The number of nitrogens with two attached hydrogens (primary N) is 1. The van der Waals surface area contributed by atoms with Crippen LogP contribution in [-0.4, -0.2) is 26.5 Å². The Balaban J connectivity index is 2.48. The molecule has 0 aliphatic heterocycles. The minimum atomic E-state index is -4.50. The maximum absolute atomic E-state index is 12.2. The standard InChI is InChI=1S/C13H12N2O6S3/c14-13(22)15-11-8-10(23(16,17)18)6-7-12(11)21-24(19,20)9-4-2-1-3-5-9/h1-8H,(H3,14,15,22)(H,16,17,18). The molecule has 0 fully saturated rings. The van der Waals surface area contributed by atoms with Gasteiger partial charge in [0.25, 0.3) is 10.1 Å². The van der Waals surface area contributed by atoms with Crippen molar-refractivity contribution in [2.45, 2.75) is 9.79 Å². The maximum atomic E-state index is 12.2. The predicted octanol–water partition coefficient (Wildman–Crippen LogP) is 1.36. The largest absolute Gasteiger partial charge is 0.377 e. The van der Waals surface area contributed by atoms with Crippen molar-refractivity contribution < 1.29 is 25.6 Å². The molecule has 11 heteroatoms. The fourth-order valence-corrected chi connectivity index (χ4v) is 3.31. The molecule has 2 aromatic carbocycles. The Bertz CT molecular complexity index is 972. The topological polar surface area (TPSA) is 136 Å². The molecule has 0 bridgehead atoms. The number of anilines is 1. The molecule has 0 unspecified atom stereocenters. The van der Waals surface area contributed by atoms with E-state index in [0.717, 1.165) is 18.2 Å². The molecule has 0 radical (unpaired) electrons. The molecule has 0 atom stereocenters. The van der Waals surface area contributed by atoms with Crippen molar-refractivity contribution in [1.82, 2.24) is 0 Å². The zero-order chi connectivity index (χ0) is 18.0.